The van der Waals surface area contributed by atoms with Gasteiger partial charge < -0.3 is 10.5 Å². The van der Waals surface area contributed by atoms with Crippen molar-refractivity contribution in [2.45, 2.75) is 18.6 Å². The van der Waals surface area contributed by atoms with E-state index in [1.165, 1.54) is 12.1 Å². The molecule has 1 unspecified atom stereocenters. The van der Waals surface area contributed by atoms with E-state index in [1.54, 1.807) is 24.3 Å². The standard InChI is InChI=1S/C15H12Cl2FNO/c16-10-2-1-3-11(17)15(10)14-7-12(19)9-5-4-8(18)6-13(9)20-14/h1-6,12,14H,7,19H2/t12-,14?/m0/s1. The smallest absolute Gasteiger partial charge is 0.128 e. The summed E-state index contributed by atoms with van der Waals surface area (Å²) in [5, 5.41) is 1.05. The van der Waals surface area contributed by atoms with Crippen molar-refractivity contribution in [1.29, 1.82) is 0 Å². The minimum atomic E-state index is -0.375. The normalized spacial score (nSPS) is 21.2. The Bertz CT molecular complexity index is 642. The van der Waals surface area contributed by atoms with Crippen molar-refractivity contribution in [1.82, 2.24) is 0 Å². The van der Waals surface area contributed by atoms with Gasteiger partial charge in [0.25, 0.3) is 0 Å². The molecule has 3 rings (SSSR count). The molecule has 2 aromatic rings. The Hall–Kier alpha value is -1.29. The van der Waals surface area contributed by atoms with Gasteiger partial charge in [0, 0.05) is 39.7 Å². The fourth-order valence-electron chi connectivity index (χ4n) is 2.47. The van der Waals surface area contributed by atoms with Gasteiger partial charge in [-0.3, -0.25) is 0 Å². The molecule has 0 aliphatic carbocycles. The van der Waals surface area contributed by atoms with Gasteiger partial charge in [-0.15, -0.1) is 0 Å². The van der Waals surface area contributed by atoms with Crippen LogP contribution in [0.15, 0.2) is 36.4 Å². The number of hydrogen-bond donors (Lipinski definition) is 1. The third-order valence-electron chi connectivity index (χ3n) is 3.43. The summed E-state index contributed by atoms with van der Waals surface area (Å²) in [5.74, 6) is 0.0894. The van der Waals surface area contributed by atoms with E-state index >= 15 is 0 Å². The maximum Gasteiger partial charge on any atom is 0.128 e. The van der Waals surface area contributed by atoms with Crippen molar-refractivity contribution in [2.24, 2.45) is 5.73 Å². The molecule has 5 heteroatoms. The summed E-state index contributed by atoms with van der Waals surface area (Å²) in [6.07, 6.45) is 0.169. The van der Waals surface area contributed by atoms with Crippen LogP contribution in [0.1, 0.15) is 29.7 Å². The molecule has 0 saturated heterocycles. The van der Waals surface area contributed by atoms with Crippen molar-refractivity contribution in [3.05, 3.63) is 63.4 Å². The average Bonchev–Trinajstić information content (AvgIpc) is 2.38. The van der Waals surface area contributed by atoms with Crippen molar-refractivity contribution in [2.75, 3.05) is 0 Å². The maximum atomic E-state index is 13.3. The number of fused-ring (bicyclic) bond motifs is 1. The summed E-state index contributed by atoms with van der Waals surface area (Å²) in [5.41, 5.74) is 7.63. The van der Waals surface area contributed by atoms with Crippen LogP contribution in [0.25, 0.3) is 0 Å². The third-order valence-corrected chi connectivity index (χ3v) is 4.09. The van der Waals surface area contributed by atoms with E-state index in [9.17, 15) is 4.39 Å². The lowest BCUT2D eigenvalue weighted by molar-refractivity contribution is 0.161. The summed E-state index contributed by atoms with van der Waals surface area (Å²) >= 11 is 12.4. The number of nitrogens with two attached hydrogens (primary N) is 1. The Morgan fingerprint density at radius 2 is 1.85 bits per heavy atom. The summed E-state index contributed by atoms with van der Waals surface area (Å²) < 4.78 is 19.2. The number of rotatable bonds is 1. The van der Waals surface area contributed by atoms with Crippen molar-refractivity contribution in [3.63, 3.8) is 0 Å². The van der Waals surface area contributed by atoms with E-state index in [0.717, 1.165) is 5.56 Å². The Labute approximate surface area is 126 Å². The second-order valence-corrected chi connectivity index (χ2v) is 5.58. The molecule has 2 aromatic carbocycles. The monoisotopic (exact) mass is 311 g/mol. The summed E-state index contributed by atoms with van der Waals surface area (Å²) in [6.45, 7) is 0. The molecule has 0 bridgehead atoms. The number of benzene rings is 2. The van der Waals surface area contributed by atoms with Crippen molar-refractivity contribution in [3.8, 4) is 5.75 Å². The molecule has 1 aliphatic rings. The van der Waals surface area contributed by atoms with Gasteiger partial charge >= 0.3 is 0 Å². The highest BCUT2D eigenvalue weighted by atomic mass is 35.5. The summed E-state index contributed by atoms with van der Waals surface area (Å²) in [6, 6.07) is 9.40. The highest BCUT2D eigenvalue weighted by Crippen LogP contribution is 2.43. The molecular formula is C15H12Cl2FNO. The molecule has 1 aliphatic heterocycles. The Morgan fingerprint density at radius 1 is 1.15 bits per heavy atom. The lowest BCUT2D eigenvalue weighted by Gasteiger charge is -2.31. The molecular weight excluding hydrogens is 300 g/mol. The van der Waals surface area contributed by atoms with E-state index in [-0.39, 0.29) is 18.0 Å². The van der Waals surface area contributed by atoms with Crippen molar-refractivity contribution < 1.29 is 9.13 Å². The van der Waals surface area contributed by atoms with Gasteiger partial charge in [0.15, 0.2) is 0 Å². The molecule has 0 aromatic heterocycles. The van der Waals surface area contributed by atoms with Crippen LogP contribution in [-0.2, 0) is 0 Å². The zero-order valence-corrected chi connectivity index (χ0v) is 12.0. The largest absolute Gasteiger partial charge is 0.485 e. The van der Waals surface area contributed by atoms with E-state index in [2.05, 4.69) is 0 Å². The van der Waals surface area contributed by atoms with Crippen LogP contribution in [0.3, 0.4) is 0 Å². The molecule has 0 amide bonds. The van der Waals surface area contributed by atoms with Crippen molar-refractivity contribution >= 4 is 23.2 Å². The fourth-order valence-corrected chi connectivity index (χ4v) is 3.11. The third kappa shape index (κ3) is 2.37. The highest BCUT2D eigenvalue weighted by molar-refractivity contribution is 6.36. The minimum absolute atomic E-state index is 0.239. The molecule has 0 radical (unpaired) electrons. The number of halogens is 3. The molecule has 2 N–H and O–H groups in total. The first-order valence-corrected chi connectivity index (χ1v) is 6.97. The van der Waals surface area contributed by atoms with Crippen LogP contribution in [0.2, 0.25) is 10.0 Å². The van der Waals surface area contributed by atoms with E-state index in [1.807, 2.05) is 0 Å². The van der Waals surface area contributed by atoms with E-state index < -0.39 is 0 Å². The van der Waals surface area contributed by atoms with Crippen LogP contribution >= 0.6 is 23.2 Å². The second kappa shape index (κ2) is 5.24. The lowest BCUT2D eigenvalue weighted by atomic mass is 9.93. The van der Waals surface area contributed by atoms with Crippen LogP contribution < -0.4 is 10.5 Å². The first kappa shape index (κ1) is 13.7. The molecule has 1 heterocycles. The van der Waals surface area contributed by atoms with Gasteiger partial charge in [-0.1, -0.05) is 35.3 Å². The fraction of sp³-hybridized carbons (Fsp3) is 0.200. The molecule has 0 fully saturated rings. The Morgan fingerprint density at radius 3 is 2.55 bits per heavy atom. The molecule has 0 saturated carbocycles. The molecule has 2 atom stereocenters. The Kier molecular flexibility index (Phi) is 3.59. The lowest BCUT2D eigenvalue weighted by Crippen LogP contribution is -2.24. The van der Waals surface area contributed by atoms with Gasteiger partial charge in [0.05, 0.1) is 0 Å². The van der Waals surface area contributed by atoms with Crippen LogP contribution in [0.5, 0.6) is 5.75 Å². The highest BCUT2D eigenvalue weighted by Gasteiger charge is 2.30. The summed E-state index contributed by atoms with van der Waals surface area (Å²) in [4.78, 5) is 0. The zero-order valence-electron chi connectivity index (χ0n) is 10.4. The van der Waals surface area contributed by atoms with Gasteiger partial charge in [-0.2, -0.15) is 0 Å². The van der Waals surface area contributed by atoms with E-state index in [0.29, 0.717) is 27.8 Å². The topological polar surface area (TPSA) is 35.2 Å². The molecule has 0 spiro atoms. The van der Waals surface area contributed by atoms with Crippen LogP contribution in [0, 0.1) is 5.82 Å². The van der Waals surface area contributed by atoms with E-state index in [4.69, 9.17) is 33.7 Å². The number of ether oxygens (including phenoxy) is 1. The summed E-state index contributed by atoms with van der Waals surface area (Å²) in [7, 11) is 0. The first-order chi connectivity index (χ1) is 9.56. The van der Waals surface area contributed by atoms with Gasteiger partial charge in [0.2, 0.25) is 0 Å². The Balaban J connectivity index is 2.03. The second-order valence-electron chi connectivity index (χ2n) is 4.77. The van der Waals surface area contributed by atoms with Crippen LogP contribution in [0.4, 0.5) is 4.39 Å². The zero-order chi connectivity index (χ0) is 14.3. The average molecular weight is 312 g/mol. The predicted molar refractivity (Wildman–Crippen MR) is 77.8 cm³/mol. The molecule has 104 valence electrons. The van der Waals surface area contributed by atoms with Gasteiger partial charge in [-0.05, 0) is 18.2 Å². The molecule has 20 heavy (non-hydrogen) atoms. The van der Waals surface area contributed by atoms with Gasteiger partial charge in [-0.25, -0.2) is 4.39 Å². The predicted octanol–water partition coefficient (Wildman–Crippen LogP) is 4.66. The quantitative estimate of drug-likeness (QED) is 0.831. The van der Waals surface area contributed by atoms with Gasteiger partial charge in [0.1, 0.15) is 17.7 Å². The molecule has 2 nitrogen and oxygen atoms in total. The number of hydrogen-bond acceptors (Lipinski definition) is 2. The first-order valence-electron chi connectivity index (χ1n) is 6.22. The minimum Gasteiger partial charge on any atom is -0.485 e. The van der Waals surface area contributed by atoms with Crippen LogP contribution in [-0.4, -0.2) is 0 Å². The maximum absolute atomic E-state index is 13.3. The SMILES string of the molecule is N[C@H]1CC(c2c(Cl)cccc2Cl)Oc2cc(F)ccc21.